The van der Waals surface area contributed by atoms with E-state index in [0.29, 0.717) is 70.5 Å². The van der Waals surface area contributed by atoms with Gasteiger partial charge in [0.2, 0.25) is 5.60 Å². The molecule has 0 unspecified atom stereocenters. The van der Waals surface area contributed by atoms with Gasteiger partial charge in [0.1, 0.15) is 11.4 Å². The average molecular weight is 829 g/mol. The van der Waals surface area contributed by atoms with E-state index in [1.807, 2.05) is 44.0 Å². The van der Waals surface area contributed by atoms with Crippen LogP contribution in [0, 0.1) is 17.3 Å². The van der Waals surface area contributed by atoms with Gasteiger partial charge in [0.15, 0.2) is 6.10 Å². The zero-order valence-corrected chi connectivity index (χ0v) is 35.8. The molecule has 1 aliphatic carbocycles. The molecule has 4 fully saturated rings. The van der Waals surface area contributed by atoms with Crippen LogP contribution in [0.1, 0.15) is 76.0 Å². The number of rotatable bonds is 10. The third-order valence-electron chi connectivity index (χ3n) is 16.5. The first kappa shape index (κ1) is 41.2. The van der Waals surface area contributed by atoms with Crippen LogP contribution >= 0.6 is 0 Å². The molecule has 9 rings (SSSR count). The number of aliphatic hydroxyl groups excluding tert-OH is 1. The molecule has 0 amide bonds. The Kier molecular flexibility index (Phi) is 9.54. The quantitative estimate of drug-likeness (QED) is 0.157. The number of hydrogen-bond donors (Lipinski definition) is 4. The Hall–Kier alpha value is -4.21. The number of methoxy groups -OCH3 is 3. The fraction of sp³-hybridized carbons (Fsp3) is 0.630. The van der Waals surface area contributed by atoms with E-state index in [0.717, 1.165) is 28.1 Å². The van der Waals surface area contributed by atoms with Gasteiger partial charge in [-0.05, 0) is 74.2 Å². The second-order valence-corrected chi connectivity index (χ2v) is 18.6. The van der Waals surface area contributed by atoms with Gasteiger partial charge in [-0.25, -0.2) is 4.79 Å². The molecular weight excluding hydrogens is 769 g/mol. The summed E-state index contributed by atoms with van der Waals surface area (Å²) in [7, 11) is 6.22. The lowest BCUT2D eigenvalue weighted by molar-refractivity contribution is -0.228. The number of benzene rings is 2. The Morgan fingerprint density at radius 1 is 1.00 bits per heavy atom. The van der Waals surface area contributed by atoms with Crippen LogP contribution in [0.4, 0.5) is 11.4 Å². The van der Waals surface area contributed by atoms with Crippen molar-refractivity contribution in [3.63, 3.8) is 0 Å². The van der Waals surface area contributed by atoms with Crippen LogP contribution < -0.4 is 15.0 Å². The van der Waals surface area contributed by atoms with Crippen molar-refractivity contribution in [2.75, 3.05) is 71.4 Å². The second-order valence-electron chi connectivity index (χ2n) is 18.6. The van der Waals surface area contributed by atoms with Crippen molar-refractivity contribution in [3.05, 3.63) is 65.2 Å². The van der Waals surface area contributed by atoms with Gasteiger partial charge in [0, 0.05) is 73.5 Å². The lowest BCUT2D eigenvalue weighted by Gasteiger charge is -2.63. The first-order chi connectivity index (χ1) is 28.7. The number of piperidine rings is 1. The molecular formula is C46H60N4O10. The van der Waals surface area contributed by atoms with Crippen molar-refractivity contribution in [2.24, 2.45) is 17.3 Å². The van der Waals surface area contributed by atoms with Crippen LogP contribution in [0.5, 0.6) is 5.75 Å². The predicted octanol–water partition coefficient (Wildman–Crippen LogP) is 3.09. The molecule has 14 heteroatoms. The summed E-state index contributed by atoms with van der Waals surface area (Å²) < 4.78 is 23.8. The van der Waals surface area contributed by atoms with Gasteiger partial charge in [-0.15, -0.1) is 0 Å². The minimum atomic E-state index is -2.28. The molecule has 2 aromatic carbocycles. The summed E-state index contributed by atoms with van der Waals surface area (Å²) in [6.45, 7) is 7.37. The van der Waals surface area contributed by atoms with Gasteiger partial charge >= 0.3 is 17.9 Å². The van der Waals surface area contributed by atoms with Gasteiger partial charge in [-0.2, -0.15) is 0 Å². The zero-order valence-electron chi connectivity index (χ0n) is 35.8. The minimum Gasteiger partial charge on any atom is -0.496 e. The molecule has 11 atom stereocenters. The smallest absolute Gasteiger partial charge is 0.344 e. The van der Waals surface area contributed by atoms with Crippen molar-refractivity contribution in [1.82, 2.24) is 9.80 Å². The number of ether oxygens (including phenoxy) is 4. The average Bonchev–Trinajstić information content (AvgIpc) is 3.96. The highest BCUT2D eigenvalue weighted by molar-refractivity contribution is 5.88. The highest BCUT2D eigenvalue weighted by Gasteiger charge is 2.81. The van der Waals surface area contributed by atoms with Gasteiger partial charge in [0.25, 0.3) is 0 Å². The number of carbonyl (C=O) groups is 3. The zero-order chi connectivity index (χ0) is 42.8. The van der Waals surface area contributed by atoms with E-state index in [4.69, 9.17) is 18.9 Å². The number of carbonyl (C=O) groups excluding carboxylic acids is 3. The summed E-state index contributed by atoms with van der Waals surface area (Å²) in [5.74, 6) is -2.02. The molecule has 0 radical (unpaired) electrons. The van der Waals surface area contributed by atoms with E-state index in [1.54, 1.807) is 7.11 Å². The van der Waals surface area contributed by atoms with E-state index in [-0.39, 0.29) is 24.5 Å². The maximum absolute atomic E-state index is 14.4. The minimum absolute atomic E-state index is 0.109. The van der Waals surface area contributed by atoms with Crippen molar-refractivity contribution in [1.29, 1.82) is 0 Å². The molecule has 324 valence electrons. The highest BCUT2D eigenvalue weighted by Crippen LogP contribution is 2.70. The molecule has 6 aliphatic heterocycles. The molecule has 6 heterocycles. The van der Waals surface area contributed by atoms with Gasteiger partial charge < -0.3 is 44.5 Å². The van der Waals surface area contributed by atoms with Gasteiger partial charge in [0.05, 0.1) is 50.9 Å². The number of nitrogens with zero attached hydrogens (tertiary/aromatic N) is 3. The second kappa shape index (κ2) is 13.9. The number of esters is 3. The van der Waals surface area contributed by atoms with E-state index in [2.05, 4.69) is 45.5 Å². The van der Waals surface area contributed by atoms with Crippen molar-refractivity contribution < 1.29 is 48.7 Å². The van der Waals surface area contributed by atoms with Crippen LogP contribution in [0.3, 0.4) is 0 Å². The molecule has 2 aromatic rings. The van der Waals surface area contributed by atoms with Gasteiger partial charge in [-0.1, -0.05) is 44.2 Å². The van der Waals surface area contributed by atoms with E-state index in [9.17, 15) is 29.7 Å². The molecule has 0 bridgehead atoms. The summed E-state index contributed by atoms with van der Waals surface area (Å²) in [6, 6.07) is 11.3. The third kappa shape index (κ3) is 4.85. The summed E-state index contributed by atoms with van der Waals surface area (Å²) in [5.41, 5.74) is -2.66. The van der Waals surface area contributed by atoms with Gasteiger partial charge in [-0.3, -0.25) is 19.4 Å². The summed E-state index contributed by atoms with van der Waals surface area (Å²) >= 11 is 0. The molecule has 1 saturated carbocycles. The fourth-order valence-corrected chi connectivity index (χ4v) is 14.4. The summed E-state index contributed by atoms with van der Waals surface area (Å²) in [4.78, 5) is 48.6. The number of aliphatic hydroxyl groups is 3. The first-order valence-corrected chi connectivity index (χ1v) is 21.6. The summed E-state index contributed by atoms with van der Waals surface area (Å²) in [6.07, 6.45) is 5.72. The number of nitrogens with one attached hydrogen (secondary N) is 1. The lowest BCUT2D eigenvalue weighted by atomic mass is 9.47. The fourth-order valence-electron chi connectivity index (χ4n) is 14.4. The molecule has 2 spiro atoms. The largest absolute Gasteiger partial charge is 0.496 e. The number of hydrogen-bond acceptors (Lipinski definition) is 14. The normalized spacial score (nSPS) is 38.0. The van der Waals surface area contributed by atoms with Crippen molar-refractivity contribution in [3.8, 4) is 5.75 Å². The Bertz CT molecular complexity index is 2140. The number of anilines is 2. The molecule has 14 nitrogen and oxygen atoms in total. The predicted molar refractivity (Wildman–Crippen MR) is 222 cm³/mol. The number of fused-ring (bicyclic) bond motifs is 3. The van der Waals surface area contributed by atoms with Crippen LogP contribution in [0.15, 0.2) is 48.6 Å². The van der Waals surface area contributed by atoms with E-state index >= 15 is 0 Å². The Morgan fingerprint density at radius 2 is 1.77 bits per heavy atom. The van der Waals surface area contributed by atoms with Crippen LogP contribution in [-0.2, 0) is 39.4 Å². The van der Waals surface area contributed by atoms with Crippen molar-refractivity contribution >= 4 is 29.3 Å². The molecule has 3 saturated heterocycles. The number of para-hydroxylation sites is 1. The Balaban J connectivity index is 1.30. The first-order valence-electron chi connectivity index (χ1n) is 21.6. The Morgan fingerprint density at radius 3 is 2.43 bits per heavy atom. The molecule has 7 aliphatic rings. The molecule has 60 heavy (non-hydrogen) atoms. The standard InChI is InChI=1S/C46H60N4O10/c1-8-41(55,26-51)24-28-21-32(36(53)58-6)46-44(17-20-50(46)25-28,29-13-10-11-14-33(29)47-46)31-22-30-34(23-35(31)57-5)48(4)38-43(30)16-19-49-18-12-15-42(9-2,37(43)49)39(60-27(3)52)45(38,56)40(54)59-7/h10-15,22-23,28,32,37-39,47,51,55-56H,8-9,16-21,24-26H2,1-7H3/t28-,32-,37+,38-,39-,41+,42-,43-,44+,45+,46+/m1/s1. The maximum Gasteiger partial charge on any atom is 0.344 e. The van der Waals surface area contributed by atoms with Crippen molar-refractivity contribution in [2.45, 2.75) is 105 Å². The lowest BCUT2D eigenvalue weighted by Crippen LogP contribution is -2.81. The third-order valence-corrected chi connectivity index (χ3v) is 16.5. The molecule has 0 aromatic heterocycles. The van der Waals surface area contributed by atoms with Crippen LogP contribution in [-0.4, -0.2) is 139 Å². The Labute approximate surface area is 351 Å². The van der Waals surface area contributed by atoms with Crippen LogP contribution in [0.25, 0.3) is 0 Å². The molecule has 4 N–H and O–H groups in total. The highest BCUT2D eigenvalue weighted by atomic mass is 16.6. The van der Waals surface area contributed by atoms with Crippen LogP contribution in [0.2, 0.25) is 0 Å². The summed E-state index contributed by atoms with van der Waals surface area (Å²) in [5, 5.41) is 38.9. The SMILES string of the molecule is CC[C@@](O)(CO)C[C@H]1C[C@H](C(=O)OC)[C@@]23Nc4ccccc4[C@]2(c2cc4c(cc2OC)N(C)[C@H]2[C@@](O)(C(=O)OC)[C@H](OC(C)=O)[C@]5(CC)C=CCN6CC[C@]42[C@@H]65)CCN3C1. The maximum atomic E-state index is 14.4. The van der Waals surface area contributed by atoms with E-state index < -0.39 is 63.1 Å². The van der Waals surface area contributed by atoms with E-state index in [1.165, 1.54) is 21.1 Å². The topological polar surface area (TPSA) is 171 Å². The number of likely N-dealkylation sites (N-methyl/N-ethyl adjacent to an activating group) is 1. The monoisotopic (exact) mass is 828 g/mol.